The van der Waals surface area contributed by atoms with Crippen molar-refractivity contribution in [3.05, 3.63) is 28.5 Å². The highest BCUT2D eigenvalue weighted by Gasteiger charge is 2.13. The van der Waals surface area contributed by atoms with E-state index in [4.69, 9.17) is 0 Å². The Morgan fingerprint density at radius 3 is 2.63 bits per heavy atom. The molecule has 0 aliphatic carbocycles. The first-order valence-corrected chi connectivity index (χ1v) is 7.18. The Bertz CT molecular complexity index is 437. The van der Waals surface area contributed by atoms with Crippen molar-refractivity contribution in [2.24, 2.45) is 5.92 Å². The van der Waals surface area contributed by atoms with Crippen LogP contribution in [-0.2, 0) is 4.79 Å². The molecular weight excluding hydrogens is 311 g/mol. The third-order valence-corrected chi connectivity index (χ3v) is 3.37. The molecule has 0 saturated carbocycles. The van der Waals surface area contributed by atoms with E-state index in [0.29, 0.717) is 22.6 Å². The van der Waals surface area contributed by atoms with Gasteiger partial charge in [0.25, 0.3) is 0 Å². The second-order valence-corrected chi connectivity index (χ2v) is 5.82. The molecule has 1 unspecified atom stereocenters. The minimum Gasteiger partial charge on any atom is -0.373 e. The third-order valence-electron chi connectivity index (χ3n) is 2.72. The maximum absolute atomic E-state index is 12.9. The van der Waals surface area contributed by atoms with Crippen LogP contribution >= 0.6 is 15.9 Å². The van der Waals surface area contributed by atoms with Crippen LogP contribution in [0.15, 0.2) is 22.7 Å². The molecule has 1 rings (SSSR count). The van der Waals surface area contributed by atoms with Crippen molar-refractivity contribution in [1.29, 1.82) is 0 Å². The normalized spacial score (nSPS) is 12.3. The van der Waals surface area contributed by atoms with Gasteiger partial charge in [0.15, 0.2) is 0 Å². The van der Waals surface area contributed by atoms with E-state index < -0.39 is 0 Å². The molecule has 0 spiro atoms. The largest absolute Gasteiger partial charge is 0.373 e. The van der Waals surface area contributed by atoms with Crippen LogP contribution in [0.2, 0.25) is 0 Å². The SMILES string of the molecule is CC(C)CCNC(=O)C(C)Nc1ccc(F)cc1Br. The highest BCUT2D eigenvalue weighted by Crippen LogP contribution is 2.23. The zero-order valence-corrected chi connectivity index (χ0v) is 13.1. The number of hydrogen-bond acceptors (Lipinski definition) is 2. The van der Waals surface area contributed by atoms with Gasteiger partial charge in [0.1, 0.15) is 11.9 Å². The summed E-state index contributed by atoms with van der Waals surface area (Å²) >= 11 is 3.26. The van der Waals surface area contributed by atoms with Crippen LogP contribution in [0.5, 0.6) is 0 Å². The Kier molecular flexibility index (Phi) is 6.28. The Morgan fingerprint density at radius 2 is 2.05 bits per heavy atom. The molecule has 1 atom stereocenters. The number of anilines is 1. The van der Waals surface area contributed by atoms with Crippen molar-refractivity contribution in [3.63, 3.8) is 0 Å². The molecule has 19 heavy (non-hydrogen) atoms. The van der Waals surface area contributed by atoms with Gasteiger partial charge in [-0.25, -0.2) is 4.39 Å². The number of rotatable bonds is 6. The summed E-state index contributed by atoms with van der Waals surface area (Å²) in [7, 11) is 0. The van der Waals surface area contributed by atoms with E-state index in [1.165, 1.54) is 12.1 Å². The minimum absolute atomic E-state index is 0.0584. The second kappa shape index (κ2) is 7.48. The summed E-state index contributed by atoms with van der Waals surface area (Å²) in [6, 6.07) is 3.97. The number of halogens is 2. The van der Waals surface area contributed by atoms with Gasteiger partial charge in [-0.15, -0.1) is 0 Å². The predicted octanol–water partition coefficient (Wildman–Crippen LogP) is 3.55. The Balaban J connectivity index is 2.49. The van der Waals surface area contributed by atoms with E-state index in [-0.39, 0.29) is 17.8 Å². The summed E-state index contributed by atoms with van der Waals surface area (Å²) in [4.78, 5) is 11.8. The average molecular weight is 331 g/mol. The van der Waals surface area contributed by atoms with Gasteiger partial charge in [0.2, 0.25) is 5.91 Å². The van der Waals surface area contributed by atoms with E-state index in [9.17, 15) is 9.18 Å². The zero-order valence-electron chi connectivity index (χ0n) is 11.5. The minimum atomic E-state index is -0.367. The Morgan fingerprint density at radius 1 is 1.37 bits per heavy atom. The first-order chi connectivity index (χ1) is 8.90. The lowest BCUT2D eigenvalue weighted by atomic mass is 10.1. The maximum Gasteiger partial charge on any atom is 0.242 e. The van der Waals surface area contributed by atoms with Crippen LogP contribution < -0.4 is 10.6 Å². The Labute approximate surface area is 122 Å². The van der Waals surface area contributed by atoms with Crippen LogP contribution in [0.3, 0.4) is 0 Å². The highest BCUT2D eigenvalue weighted by atomic mass is 79.9. The van der Waals surface area contributed by atoms with Crippen molar-refractivity contribution in [2.75, 3.05) is 11.9 Å². The van der Waals surface area contributed by atoms with Gasteiger partial charge in [0.05, 0.1) is 0 Å². The van der Waals surface area contributed by atoms with E-state index in [1.807, 2.05) is 0 Å². The van der Waals surface area contributed by atoms with E-state index in [1.54, 1.807) is 13.0 Å². The molecule has 0 fully saturated rings. The summed E-state index contributed by atoms with van der Waals surface area (Å²) < 4.78 is 13.6. The van der Waals surface area contributed by atoms with E-state index in [2.05, 4.69) is 40.4 Å². The molecule has 0 aliphatic heterocycles. The van der Waals surface area contributed by atoms with Gasteiger partial charge in [-0.05, 0) is 53.4 Å². The Hall–Kier alpha value is -1.10. The number of carbonyl (C=O) groups excluding carboxylic acids is 1. The first-order valence-electron chi connectivity index (χ1n) is 6.39. The second-order valence-electron chi connectivity index (χ2n) is 4.96. The fourth-order valence-corrected chi connectivity index (χ4v) is 2.01. The lowest BCUT2D eigenvalue weighted by Crippen LogP contribution is -2.38. The lowest BCUT2D eigenvalue weighted by molar-refractivity contribution is -0.121. The highest BCUT2D eigenvalue weighted by molar-refractivity contribution is 9.10. The molecular formula is C14H20BrFN2O. The number of carbonyl (C=O) groups is 1. The van der Waals surface area contributed by atoms with Crippen molar-refractivity contribution in [3.8, 4) is 0 Å². The summed E-state index contributed by atoms with van der Waals surface area (Å²) in [5.41, 5.74) is 0.702. The molecule has 0 aliphatic rings. The first kappa shape index (κ1) is 16.0. The monoisotopic (exact) mass is 330 g/mol. The molecule has 0 heterocycles. The average Bonchev–Trinajstić information content (AvgIpc) is 2.32. The molecule has 0 saturated heterocycles. The van der Waals surface area contributed by atoms with E-state index in [0.717, 1.165) is 6.42 Å². The van der Waals surface area contributed by atoms with Gasteiger partial charge in [0, 0.05) is 16.7 Å². The molecule has 1 aromatic carbocycles. The van der Waals surface area contributed by atoms with Crippen molar-refractivity contribution in [2.45, 2.75) is 33.2 Å². The van der Waals surface area contributed by atoms with Gasteiger partial charge in [-0.2, -0.15) is 0 Å². The summed E-state index contributed by atoms with van der Waals surface area (Å²) in [6.07, 6.45) is 0.957. The molecule has 0 radical (unpaired) electrons. The fourth-order valence-electron chi connectivity index (χ4n) is 1.54. The number of benzene rings is 1. The van der Waals surface area contributed by atoms with Crippen molar-refractivity contribution in [1.82, 2.24) is 5.32 Å². The summed E-state index contributed by atoms with van der Waals surface area (Å²) in [6.45, 7) is 6.68. The van der Waals surface area contributed by atoms with E-state index >= 15 is 0 Å². The number of amides is 1. The maximum atomic E-state index is 12.9. The molecule has 1 amide bonds. The molecule has 1 aromatic rings. The van der Waals surface area contributed by atoms with Crippen LogP contribution in [0, 0.1) is 11.7 Å². The predicted molar refractivity (Wildman–Crippen MR) is 79.6 cm³/mol. The van der Waals surface area contributed by atoms with Crippen molar-refractivity contribution < 1.29 is 9.18 Å². The fraction of sp³-hybridized carbons (Fsp3) is 0.500. The van der Waals surface area contributed by atoms with Crippen LogP contribution in [-0.4, -0.2) is 18.5 Å². The van der Waals surface area contributed by atoms with Crippen LogP contribution in [0.25, 0.3) is 0 Å². The molecule has 0 bridgehead atoms. The number of nitrogens with one attached hydrogen (secondary N) is 2. The molecule has 0 aromatic heterocycles. The number of hydrogen-bond donors (Lipinski definition) is 2. The van der Waals surface area contributed by atoms with Crippen LogP contribution in [0.1, 0.15) is 27.2 Å². The standard InChI is InChI=1S/C14H20BrFN2O/c1-9(2)6-7-17-14(19)10(3)18-13-5-4-11(16)8-12(13)15/h4-5,8-10,18H,6-7H2,1-3H3,(H,17,19). The quantitative estimate of drug-likeness (QED) is 0.837. The summed E-state index contributed by atoms with van der Waals surface area (Å²) in [5.74, 6) is 0.193. The molecule has 2 N–H and O–H groups in total. The lowest BCUT2D eigenvalue weighted by Gasteiger charge is -2.16. The van der Waals surface area contributed by atoms with Crippen molar-refractivity contribution >= 4 is 27.5 Å². The molecule has 106 valence electrons. The van der Waals surface area contributed by atoms with Gasteiger partial charge < -0.3 is 10.6 Å². The molecule has 5 heteroatoms. The molecule has 3 nitrogen and oxygen atoms in total. The summed E-state index contributed by atoms with van der Waals surface area (Å²) in [5, 5.41) is 5.92. The zero-order chi connectivity index (χ0) is 14.4. The van der Waals surface area contributed by atoms with Gasteiger partial charge >= 0.3 is 0 Å². The van der Waals surface area contributed by atoms with Gasteiger partial charge in [-0.1, -0.05) is 13.8 Å². The van der Waals surface area contributed by atoms with Gasteiger partial charge in [-0.3, -0.25) is 4.79 Å². The topological polar surface area (TPSA) is 41.1 Å². The van der Waals surface area contributed by atoms with Crippen LogP contribution in [0.4, 0.5) is 10.1 Å². The third kappa shape index (κ3) is 5.59. The smallest absolute Gasteiger partial charge is 0.242 e.